The molecule has 0 spiro atoms. The van der Waals surface area contributed by atoms with Crippen molar-refractivity contribution in [1.29, 1.82) is 0 Å². The largest absolute Gasteiger partial charge is 0.379 e. The first kappa shape index (κ1) is 19.9. The van der Waals surface area contributed by atoms with E-state index in [0.29, 0.717) is 31.2 Å². The quantitative estimate of drug-likeness (QED) is 0.702. The van der Waals surface area contributed by atoms with Gasteiger partial charge in [-0.2, -0.15) is 0 Å². The molecular weight excluding hydrogens is 388 g/mol. The number of ether oxygens (including phenoxy) is 1. The number of carbonyl (C=O) groups excluding carboxylic acids is 1. The van der Waals surface area contributed by atoms with Crippen LogP contribution in [0, 0.1) is 0 Å². The molecule has 2 aromatic rings. The van der Waals surface area contributed by atoms with Gasteiger partial charge in [-0.3, -0.25) is 14.7 Å². The van der Waals surface area contributed by atoms with E-state index in [1.54, 1.807) is 6.20 Å². The highest BCUT2D eigenvalue weighted by atomic mass is 32.2. The van der Waals surface area contributed by atoms with Crippen molar-refractivity contribution in [3.05, 3.63) is 46.4 Å². The lowest BCUT2D eigenvalue weighted by atomic mass is 10.1. The Balaban J connectivity index is 1.75. The molecule has 27 heavy (non-hydrogen) atoms. The molecule has 146 valence electrons. The van der Waals surface area contributed by atoms with Crippen LogP contribution in [-0.2, 0) is 14.8 Å². The maximum atomic E-state index is 12.7. The molecule has 1 fully saturated rings. The molecule has 2 aromatic heterocycles. The summed E-state index contributed by atoms with van der Waals surface area (Å²) in [6.45, 7) is 2.82. The Labute approximate surface area is 162 Å². The number of rotatable bonds is 7. The van der Waals surface area contributed by atoms with E-state index < -0.39 is 10.0 Å². The van der Waals surface area contributed by atoms with Gasteiger partial charge in [0.2, 0.25) is 10.0 Å². The molecular formula is C17H22N4O4S2. The Morgan fingerprint density at radius 2 is 2.15 bits per heavy atom. The number of morpholine rings is 1. The molecule has 0 aliphatic carbocycles. The molecule has 0 aromatic carbocycles. The Morgan fingerprint density at radius 3 is 2.81 bits per heavy atom. The summed E-state index contributed by atoms with van der Waals surface area (Å²) in [6.07, 6.45) is 1.70. The second-order valence-electron chi connectivity index (χ2n) is 6.00. The number of sulfonamides is 1. The summed E-state index contributed by atoms with van der Waals surface area (Å²) < 4.78 is 33.4. The van der Waals surface area contributed by atoms with Gasteiger partial charge in [0, 0.05) is 38.3 Å². The van der Waals surface area contributed by atoms with E-state index in [2.05, 4.69) is 19.9 Å². The summed E-state index contributed by atoms with van der Waals surface area (Å²) >= 11 is 1.10. The molecule has 8 nitrogen and oxygen atoms in total. The minimum atomic E-state index is -3.73. The van der Waals surface area contributed by atoms with Crippen LogP contribution in [0.2, 0.25) is 0 Å². The predicted molar refractivity (Wildman–Crippen MR) is 102 cm³/mol. The van der Waals surface area contributed by atoms with E-state index in [4.69, 9.17) is 4.74 Å². The van der Waals surface area contributed by atoms with Gasteiger partial charge in [-0.1, -0.05) is 6.07 Å². The van der Waals surface area contributed by atoms with Gasteiger partial charge < -0.3 is 10.1 Å². The van der Waals surface area contributed by atoms with Crippen molar-refractivity contribution >= 4 is 27.3 Å². The zero-order chi connectivity index (χ0) is 19.3. The average molecular weight is 411 g/mol. The smallest absolute Gasteiger partial charge is 0.261 e. The summed E-state index contributed by atoms with van der Waals surface area (Å²) in [4.78, 5) is 18.7. The minimum absolute atomic E-state index is 0.0906. The predicted octanol–water partition coefficient (Wildman–Crippen LogP) is 0.854. The van der Waals surface area contributed by atoms with E-state index in [9.17, 15) is 13.2 Å². The van der Waals surface area contributed by atoms with Crippen molar-refractivity contribution in [3.63, 3.8) is 0 Å². The van der Waals surface area contributed by atoms with Gasteiger partial charge in [0.25, 0.3) is 5.91 Å². The van der Waals surface area contributed by atoms with E-state index in [0.717, 1.165) is 17.0 Å². The number of hydrogen-bond donors (Lipinski definition) is 2. The third-order valence-corrected chi connectivity index (χ3v) is 6.80. The fourth-order valence-corrected chi connectivity index (χ4v) is 5.11. The van der Waals surface area contributed by atoms with Crippen LogP contribution in [0.25, 0.3) is 0 Å². The summed E-state index contributed by atoms with van der Waals surface area (Å²) in [5, 5.41) is 3.96. The van der Waals surface area contributed by atoms with Crippen LogP contribution in [-0.4, -0.2) is 64.1 Å². The maximum Gasteiger partial charge on any atom is 0.261 e. The summed E-state index contributed by atoms with van der Waals surface area (Å²) in [5.41, 5.74) is 0.804. The number of hydrogen-bond acceptors (Lipinski definition) is 7. The van der Waals surface area contributed by atoms with Gasteiger partial charge in [0.05, 0.1) is 34.7 Å². The molecule has 0 radical (unpaired) electrons. The molecule has 0 unspecified atom stereocenters. The number of nitrogens with zero attached hydrogens (tertiary/aromatic N) is 2. The minimum Gasteiger partial charge on any atom is -0.379 e. The highest BCUT2D eigenvalue weighted by molar-refractivity contribution is 7.89. The molecule has 1 atom stereocenters. The molecule has 10 heteroatoms. The summed E-state index contributed by atoms with van der Waals surface area (Å²) in [7, 11) is -2.22. The zero-order valence-corrected chi connectivity index (χ0v) is 16.6. The Bertz CT molecular complexity index is 864. The number of amides is 1. The molecule has 1 aliphatic heterocycles. The second-order valence-corrected chi connectivity index (χ2v) is 8.67. The van der Waals surface area contributed by atoms with Crippen molar-refractivity contribution in [3.8, 4) is 0 Å². The van der Waals surface area contributed by atoms with Gasteiger partial charge in [-0.25, -0.2) is 13.1 Å². The van der Waals surface area contributed by atoms with Gasteiger partial charge in [0.1, 0.15) is 0 Å². The first-order valence-electron chi connectivity index (χ1n) is 8.54. The monoisotopic (exact) mass is 410 g/mol. The lowest BCUT2D eigenvalue weighted by Gasteiger charge is -2.34. The lowest BCUT2D eigenvalue weighted by molar-refractivity contribution is 0.0163. The van der Waals surface area contributed by atoms with Crippen LogP contribution in [0.3, 0.4) is 0 Å². The molecule has 0 bridgehead atoms. The van der Waals surface area contributed by atoms with Crippen LogP contribution < -0.4 is 10.0 Å². The van der Waals surface area contributed by atoms with Crippen LogP contribution in [0.1, 0.15) is 21.4 Å². The van der Waals surface area contributed by atoms with E-state index in [-0.39, 0.29) is 23.4 Å². The summed E-state index contributed by atoms with van der Waals surface area (Å²) in [5.74, 6) is -0.305. The van der Waals surface area contributed by atoms with Crippen molar-refractivity contribution in [2.75, 3.05) is 39.9 Å². The fourth-order valence-electron chi connectivity index (χ4n) is 2.86. The van der Waals surface area contributed by atoms with Gasteiger partial charge >= 0.3 is 0 Å². The molecule has 3 heterocycles. The highest BCUT2D eigenvalue weighted by Crippen LogP contribution is 2.22. The third-order valence-electron chi connectivity index (χ3n) is 4.32. The summed E-state index contributed by atoms with van der Waals surface area (Å²) in [6, 6.07) is 6.80. The van der Waals surface area contributed by atoms with Crippen molar-refractivity contribution < 1.29 is 17.9 Å². The Kier molecular flexibility index (Phi) is 6.55. The zero-order valence-electron chi connectivity index (χ0n) is 14.9. The first-order chi connectivity index (χ1) is 13.0. The van der Waals surface area contributed by atoms with Crippen molar-refractivity contribution in [1.82, 2.24) is 19.9 Å². The van der Waals surface area contributed by atoms with Gasteiger partial charge in [-0.05, 0) is 18.2 Å². The van der Waals surface area contributed by atoms with Gasteiger partial charge in [0.15, 0.2) is 0 Å². The highest BCUT2D eigenvalue weighted by Gasteiger charge is 2.26. The second kappa shape index (κ2) is 8.89. The SMILES string of the molecule is CNC(=O)c1cc(S(=O)(=O)NC[C@@H](c2ccccn2)N2CCOCC2)cs1. The van der Waals surface area contributed by atoms with Crippen LogP contribution in [0.15, 0.2) is 40.7 Å². The molecule has 2 N–H and O–H groups in total. The fraction of sp³-hybridized carbons (Fsp3) is 0.412. The first-order valence-corrected chi connectivity index (χ1v) is 10.9. The molecule has 3 rings (SSSR count). The average Bonchev–Trinajstić information content (AvgIpc) is 3.20. The Hall–Kier alpha value is -1.85. The van der Waals surface area contributed by atoms with Crippen LogP contribution in [0.4, 0.5) is 0 Å². The normalized spacial score (nSPS) is 16.8. The standard InChI is InChI=1S/C17H22N4O4S2/c1-18-17(22)16-10-13(12-26-16)27(23,24)20-11-15(14-4-2-3-5-19-14)21-6-8-25-9-7-21/h2-5,10,12,15,20H,6-9,11H2,1H3,(H,18,22)/t15-/m0/s1. The van der Waals surface area contributed by atoms with E-state index in [1.807, 2.05) is 18.2 Å². The number of nitrogens with one attached hydrogen (secondary N) is 2. The molecule has 0 saturated carbocycles. The number of carbonyl (C=O) groups is 1. The Morgan fingerprint density at radius 1 is 1.37 bits per heavy atom. The number of thiophene rings is 1. The van der Waals surface area contributed by atoms with Crippen LogP contribution >= 0.6 is 11.3 Å². The topological polar surface area (TPSA) is 101 Å². The molecule has 1 aliphatic rings. The molecule has 1 saturated heterocycles. The van der Waals surface area contributed by atoms with E-state index in [1.165, 1.54) is 18.5 Å². The lowest BCUT2D eigenvalue weighted by Crippen LogP contribution is -2.44. The van der Waals surface area contributed by atoms with E-state index >= 15 is 0 Å². The number of aromatic nitrogens is 1. The van der Waals surface area contributed by atoms with Crippen LogP contribution in [0.5, 0.6) is 0 Å². The van der Waals surface area contributed by atoms with Gasteiger partial charge in [-0.15, -0.1) is 11.3 Å². The number of pyridine rings is 1. The molecule has 1 amide bonds. The third kappa shape index (κ3) is 4.90. The van der Waals surface area contributed by atoms with Crippen molar-refractivity contribution in [2.45, 2.75) is 10.9 Å². The van der Waals surface area contributed by atoms with Crippen molar-refractivity contribution in [2.24, 2.45) is 0 Å². The maximum absolute atomic E-state index is 12.7.